The van der Waals surface area contributed by atoms with Gasteiger partial charge in [-0.3, -0.25) is 9.69 Å². The summed E-state index contributed by atoms with van der Waals surface area (Å²) in [7, 11) is 0. The van der Waals surface area contributed by atoms with Gasteiger partial charge in [-0.25, -0.2) is 0 Å². The predicted molar refractivity (Wildman–Crippen MR) is 66.8 cm³/mol. The maximum Gasteiger partial charge on any atom is 0.245 e. The average Bonchev–Trinajstić information content (AvgIpc) is 2.39. The fourth-order valence-electron chi connectivity index (χ4n) is 2.69. The highest BCUT2D eigenvalue weighted by Gasteiger charge is 2.24. The first-order valence-electron chi connectivity index (χ1n) is 6.51. The smallest absolute Gasteiger partial charge is 0.245 e. The third kappa shape index (κ3) is 3.54. The van der Waals surface area contributed by atoms with Gasteiger partial charge in [0, 0.05) is 32.7 Å². The number of carbonyl (C=O) groups is 1. The first-order valence-corrected chi connectivity index (χ1v) is 6.51. The highest BCUT2D eigenvalue weighted by atomic mass is 16.5. The van der Waals surface area contributed by atoms with E-state index in [0.717, 1.165) is 52.4 Å². The van der Waals surface area contributed by atoms with Crippen molar-refractivity contribution in [2.24, 2.45) is 5.92 Å². The Hall–Kier alpha value is -0.870. The Morgan fingerprint density at radius 1 is 1.35 bits per heavy atom. The molecule has 0 unspecified atom stereocenters. The predicted octanol–water partition coefficient (Wildman–Crippen LogP) is 0.743. The van der Waals surface area contributed by atoms with Crippen molar-refractivity contribution in [1.82, 2.24) is 9.80 Å². The van der Waals surface area contributed by atoms with Gasteiger partial charge in [0.1, 0.15) is 0 Å². The molecule has 0 spiro atoms. The summed E-state index contributed by atoms with van der Waals surface area (Å²) in [6.07, 6.45) is 3.78. The molecule has 2 aliphatic heterocycles. The number of likely N-dealkylation sites (tertiary alicyclic amines) is 1. The summed E-state index contributed by atoms with van der Waals surface area (Å²) in [6.45, 7) is 10.2. The lowest BCUT2D eigenvalue weighted by atomic mass is 9.97. The number of hydrogen-bond donors (Lipinski definition) is 0. The van der Waals surface area contributed by atoms with Gasteiger partial charge in [-0.2, -0.15) is 0 Å². The van der Waals surface area contributed by atoms with E-state index in [1.54, 1.807) is 0 Å². The first kappa shape index (κ1) is 12.6. The molecule has 0 N–H and O–H groups in total. The van der Waals surface area contributed by atoms with Crippen LogP contribution in [-0.4, -0.2) is 61.6 Å². The lowest BCUT2D eigenvalue weighted by molar-refractivity contribution is -0.128. The zero-order chi connectivity index (χ0) is 12.1. The van der Waals surface area contributed by atoms with Crippen LogP contribution in [-0.2, 0) is 9.53 Å². The van der Waals surface area contributed by atoms with Gasteiger partial charge in [0.2, 0.25) is 5.91 Å². The van der Waals surface area contributed by atoms with E-state index in [9.17, 15) is 4.79 Å². The van der Waals surface area contributed by atoms with Crippen molar-refractivity contribution in [3.05, 3.63) is 12.7 Å². The van der Waals surface area contributed by atoms with Gasteiger partial charge < -0.3 is 9.64 Å². The van der Waals surface area contributed by atoms with Gasteiger partial charge >= 0.3 is 0 Å². The van der Waals surface area contributed by atoms with Crippen molar-refractivity contribution in [3.63, 3.8) is 0 Å². The topological polar surface area (TPSA) is 32.8 Å². The Bertz CT molecular complexity index is 275. The molecule has 4 nitrogen and oxygen atoms in total. The van der Waals surface area contributed by atoms with Crippen molar-refractivity contribution in [1.29, 1.82) is 0 Å². The Morgan fingerprint density at radius 2 is 2.12 bits per heavy atom. The first-order chi connectivity index (χ1) is 8.29. The molecule has 1 atom stereocenters. The Balaban J connectivity index is 1.80. The third-order valence-corrected chi connectivity index (χ3v) is 3.63. The van der Waals surface area contributed by atoms with E-state index in [4.69, 9.17) is 4.74 Å². The van der Waals surface area contributed by atoms with Crippen LogP contribution in [0.4, 0.5) is 0 Å². The molecule has 0 saturated carbocycles. The molecular weight excluding hydrogens is 216 g/mol. The van der Waals surface area contributed by atoms with Gasteiger partial charge in [0.05, 0.1) is 13.2 Å². The van der Waals surface area contributed by atoms with Crippen LogP contribution in [0.3, 0.4) is 0 Å². The number of piperidine rings is 1. The highest BCUT2D eigenvalue weighted by molar-refractivity contribution is 5.87. The summed E-state index contributed by atoms with van der Waals surface area (Å²) >= 11 is 0. The van der Waals surface area contributed by atoms with Crippen LogP contribution in [0, 0.1) is 5.92 Å². The Kier molecular flexibility index (Phi) is 4.57. The molecule has 17 heavy (non-hydrogen) atoms. The summed E-state index contributed by atoms with van der Waals surface area (Å²) < 4.78 is 5.35. The van der Waals surface area contributed by atoms with Gasteiger partial charge in [0.25, 0.3) is 0 Å². The van der Waals surface area contributed by atoms with E-state index in [0.29, 0.717) is 5.92 Å². The molecule has 2 saturated heterocycles. The van der Waals surface area contributed by atoms with Crippen LogP contribution < -0.4 is 0 Å². The van der Waals surface area contributed by atoms with Gasteiger partial charge in [-0.05, 0) is 24.8 Å². The minimum atomic E-state index is 0.0803. The van der Waals surface area contributed by atoms with E-state index in [-0.39, 0.29) is 5.91 Å². The highest BCUT2D eigenvalue weighted by Crippen LogP contribution is 2.18. The molecule has 0 bridgehead atoms. The van der Waals surface area contributed by atoms with Crippen molar-refractivity contribution in [2.45, 2.75) is 12.8 Å². The van der Waals surface area contributed by atoms with Gasteiger partial charge in [-0.1, -0.05) is 6.58 Å². The number of hydrogen-bond acceptors (Lipinski definition) is 3. The van der Waals surface area contributed by atoms with Crippen molar-refractivity contribution < 1.29 is 9.53 Å². The molecule has 0 aromatic carbocycles. The van der Waals surface area contributed by atoms with Gasteiger partial charge in [0.15, 0.2) is 0 Å². The van der Waals surface area contributed by atoms with Crippen LogP contribution in [0.25, 0.3) is 0 Å². The number of nitrogens with zero attached hydrogens (tertiary/aromatic N) is 2. The zero-order valence-corrected chi connectivity index (χ0v) is 10.4. The molecule has 2 fully saturated rings. The molecular formula is C13H22N2O2. The molecule has 0 aliphatic carbocycles. The SMILES string of the molecule is C=CC(=O)N1CCC[C@H](CN2CCOCC2)C1. The number of morpholine rings is 1. The Morgan fingerprint density at radius 3 is 2.82 bits per heavy atom. The fraction of sp³-hybridized carbons (Fsp3) is 0.769. The minimum Gasteiger partial charge on any atom is -0.379 e. The van der Waals surface area contributed by atoms with Crippen LogP contribution in [0.2, 0.25) is 0 Å². The second kappa shape index (κ2) is 6.17. The second-order valence-corrected chi connectivity index (χ2v) is 4.91. The summed E-state index contributed by atoms with van der Waals surface area (Å²) in [6, 6.07) is 0. The maximum atomic E-state index is 11.6. The van der Waals surface area contributed by atoms with Crippen LogP contribution in [0.5, 0.6) is 0 Å². The third-order valence-electron chi connectivity index (χ3n) is 3.63. The quantitative estimate of drug-likeness (QED) is 0.680. The average molecular weight is 238 g/mol. The monoisotopic (exact) mass is 238 g/mol. The maximum absolute atomic E-state index is 11.6. The molecule has 1 amide bonds. The lowest BCUT2D eigenvalue weighted by Crippen LogP contribution is -2.45. The number of carbonyl (C=O) groups excluding carboxylic acids is 1. The molecule has 0 aromatic rings. The zero-order valence-electron chi connectivity index (χ0n) is 10.4. The van der Waals surface area contributed by atoms with Gasteiger partial charge in [-0.15, -0.1) is 0 Å². The minimum absolute atomic E-state index is 0.0803. The molecule has 2 rings (SSSR count). The van der Waals surface area contributed by atoms with Crippen molar-refractivity contribution >= 4 is 5.91 Å². The molecule has 0 aromatic heterocycles. The fourth-order valence-corrected chi connectivity index (χ4v) is 2.69. The van der Waals surface area contributed by atoms with E-state index < -0.39 is 0 Å². The normalized spacial score (nSPS) is 26.8. The number of ether oxygens (including phenoxy) is 1. The molecule has 96 valence electrons. The number of rotatable bonds is 3. The van der Waals surface area contributed by atoms with E-state index >= 15 is 0 Å². The summed E-state index contributed by atoms with van der Waals surface area (Å²) in [5, 5.41) is 0. The van der Waals surface area contributed by atoms with E-state index in [1.807, 2.05) is 4.90 Å². The summed E-state index contributed by atoms with van der Waals surface area (Å²) in [5.74, 6) is 0.697. The van der Waals surface area contributed by atoms with Crippen molar-refractivity contribution in [3.8, 4) is 0 Å². The summed E-state index contributed by atoms with van der Waals surface area (Å²) in [5.41, 5.74) is 0. The van der Waals surface area contributed by atoms with Crippen LogP contribution in [0.1, 0.15) is 12.8 Å². The molecule has 2 heterocycles. The number of amides is 1. The van der Waals surface area contributed by atoms with Crippen molar-refractivity contribution in [2.75, 3.05) is 45.9 Å². The standard InChI is InChI=1S/C13H22N2O2/c1-2-13(16)15-5-3-4-12(11-15)10-14-6-8-17-9-7-14/h2,12H,1,3-11H2/t12-/m1/s1. The largest absolute Gasteiger partial charge is 0.379 e. The molecule has 2 aliphatic rings. The van der Waals surface area contributed by atoms with E-state index in [2.05, 4.69) is 11.5 Å². The van der Waals surface area contributed by atoms with E-state index in [1.165, 1.54) is 12.5 Å². The lowest BCUT2D eigenvalue weighted by Gasteiger charge is -2.36. The molecule has 0 radical (unpaired) electrons. The Labute approximate surface area is 103 Å². The van der Waals surface area contributed by atoms with Crippen LogP contribution in [0.15, 0.2) is 12.7 Å². The summed E-state index contributed by atoms with van der Waals surface area (Å²) in [4.78, 5) is 16.0. The second-order valence-electron chi connectivity index (χ2n) is 4.91. The van der Waals surface area contributed by atoms with Crippen LogP contribution >= 0.6 is 0 Å². The molecule has 4 heteroatoms.